The van der Waals surface area contributed by atoms with Gasteiger partial charge in [0.15, 0.2) is 0 Å². The molecule has 0 aromatic heterocycles. The van der Waals surface area contributed by atoms with Gasteiger partial charge in [0.05, 0.1) is 0 Å². The highest BCUT2D eigenvalue weighted by molar-refractivity contribution is 5.94. The number of carbonyl (C=O) groups is 1. The van der Waals surface area contributed by atoms with Crippen molar-refractivity contribution in [3.63, 3.8) is 0 Å². The van der Waals surface area contributed by atoms with E-state index < -0.39 is 6.61 Å². The number of hydrogen-bond donors (Lipinski definition) is 1. The van der Waals surface area contributed by atoms with E-state index in [9.17, 15) is 13.6 Å². The van der Waals surface area contributed by atoms with Crippen LogP contribution in [0.1, 0.15) is 37.0 Å². The van der Waals surface area contributed by atoms with Crippen LogP contribution in [0.3, 0.4) is 0 Å². The molecule has 1 amide bonds. The smallest absolute Gasteiger partial charge is 0.387 e. The van der Waals surface area contributed by atoms with Gasteiger partial charge in [-0.2, -0.15) is 8.78 Å². The first-order valence-electron chi connectivity index (χ1n) is 8.49. The summed E-state index contributed by atoms with van der Waals surface area (Å²) >= 11 is 0. The Labute approximate surface area is 142 Å². The van der Waals surface area contributed by atoms with Gasteiger partial charge in [0.2, 0.25) is 0 Å². The Morgan fingerprint density at radius 3 is 2.46 bits per heavy atom. The van der Waals surface area contributed by atoms with Crippen molar-refractivity contribution in [2.45, 2.75) is 33.3 Å². The highest BCUT2D eigenvalue weighted by Crippen LogP contribution is 2.20. The van der Waals surface area contributed by atoms with E-state index in [0.717, 1.165) is 37.9 Å². The maximum Gasteiger partial charge on any atom is 0.387 e. The van der Waals surface area contributed by atoms with Crippen molar-refractivity contribution < 1.29 is 18.3 Å². The van der Waals surface area contributed by atoms with Crippen molar-refractivity contribution in [2.75, 3.05) is 26.2 Å². The highest BCUT2D eigenvalue weighted by Gasteiger charge is 2.21. The summed E-state index contributed by atoms with van der Waals surface area (Å²) in [5.74, 6) is 1.32. The molecule has 0 radical (unpaired) electrons. The zero-order valence-electron chi connectivity index (χ0n) is 14.3. The Balaban J connectivity index is 1.69. The second kappa shape index (κ2) is 8.97. The molecule has 0 aliphatic carbocycles. The quantitative estimate of drug-likeness (QED) is 0.774. The van der Waals surface area contributed by atoms with E-state index in [1.807, 2.05) is 0 Å². The van der Waals surface area contributed by atoms with E-state index in [1.54, 1.807) is 0 Å². The number of piperidine rings is 1. The van der Waals surface area contributed by atoms with Gasteiger partial charge in [-0.15, -0.1) is 0 Å². The van der Waals surface area contributed by atoms with E-state index >= 15 is 0 Å². The third-order valence-electron chi connectivity index (χ3n) is 4.22. The number of nitrogens with one attached hydrogen (secondary N) is 1. The third-order valence-corrected chi connectivity index (χ3v) is 4.22. The number of halogens is 2. The number of amides is 1. The summed E-state index contributed by atoms with van der Waals surface area (Å²) in [5, 5.41) is 2.87. The lowest BCUT2D eigenvalue weighted by molar-refractivity contribution is -0.0498. The lowest BCUT2D eigenvalue weighted by atomic mass is 9.92. The molecular weight excluding hydrogens is 314 g/mol. The maximum atomic E-state index is 12.1. The molecule has 24 heavy (non-hydrogen) atoms. The first-order valence-corrected chi connectivity index (χ1v) is 8.49. The Morgan fingerprint density at radius 1 is 1.25 bits per heavy atom. The normalized spacial score (nSPS) is 21.7. The molecule has 2 rings (SSSR count). The summed E-state index contributed by atoms with van der Waals surface area (Å²) in [6.07, 6.45) is 2.19. The molecule has 0 spiro atoms. The summed E-state index contributed by atoms with van der Waals surface area (Å²) in [6, 6.07) is 5.72. The summed E-state index contributed by atoms with van der Waals surface area (Å²) in [7, 11) is 0. The number of ether oxygens (including phenoxy) is 1. The largest absolute Gasteiger partial charge is 0.435 e. The Morgan fingerprint density at radius 2 is 1.88 bits per heavy atom. The molecule has 0 bridgehead atoms. The molecule has 1 aliphatic heterocycles. The first-order chi connectivity index (χ1) is 11.4. The number of carbonyl (C=O) groups excluding carboxylic acids is 1. The molecule has 4 nitrogen and oxygen atoms in total. The van der Waals surface area contributed by atoms with E-state index in [1.165, 1.54) is 30.7 Å². The molecule has 134 valence electrons. The van der Waals surface area contributed by atoms with Crippen LogP contribution in [0.15, 0.2) is 24.3 Å². The van der Waals surface area contributed by atoms with Crippen molar-refractivity contribution in [2.24, 2.45) is 11.8 Å². The fourth-order valence-electron chi connectivity index (χ4n) is 3.37. The topological polar surface area (TPSA) is 41.6 Å². The SMILES string of the molecule is C[C@@H]1C[C@@H](C)CN(CCCNC(=O)c2ccc(OC(F)F)cc2)C1. The van der Waals surface area contributed by atoms with E-state index in [-0.39, 0.29) is 11.7 Å². The maximum absolute atomic E-state index is 12.1. The summed E-state index contributed by atoms with van der Waals surface area (Å²) in [5.41, 5.74) is 0.442. The zero-order valence-corrected chi connectivity index (χ0v) is 14.3. The first kappa shape index (κ1) is 18.6. The van der Waals surface area contributed by atoms with Crippen LogP contribution in [0.2, 0.25) is 0 Å². The van der Waals surface area contributed by atoms with Crippen LogP contribution in [0, 0.1) is 11.8 Å². The van der Waals surface area contributed by atoms with E-state index in [2.05, 4.69) is 28.8 Å². The molecule has 1 saturated heterocycles. The predicted molar refractivity (Wildman–Crippen MR) is 89.4 cm³/mol. The van der Waals surface area contributed by atoms with Crippen molar-refractivity contribution in [3.05, 3.63) is 29.8 Å². The standard InChI is InChI=1S/C18H26F2N2O2/c1-13-10-14(2)12-22(11-13)9-3-8-21-17(23)15-4-6-16(7-5-15)24-18(19)20/h4-7,13-14,18H,3,8-12H2,1-2H3,(H,21,23)/t13-,14-/m1/s1. The van der Waals surface area contributed by atoms with Crippen LogP contribution < -0.4 is 10.1 Å². The van der Waals surface area contributed by atoms with Gasteiger partial charge in [-0.1, -0.05) is 13.8 Å². The third kappa shape index (κ3) is 6.07. The van der Waals surface area contributed by atoms with Gasteiger partial charge >= 0.3 is 6.61 Å². The van der Waals surface area contributed by atoms with Crippen LogP contribution in [0.4, 0.5) is 8.78 Å². The number of rotatable bonds is 7. The molecule has 0 unspecified atom stereocenters. The van der Waals surface area contributed by atoms with Gasteiger partial charge in [-0.25, -0.2) is 0 Å². The molecule has 1 aromatic rings. The molecule has 0 saturated carbocycles. The molecule has 1 N–H and O–H groups in total. The monoisotopic (exact) mass is 340 g/mol. The second-order valence-corrected chi connectivity index (χ2v) is 6.72. The molecule has 1 heterocycles. The highest BCUT2D eigenvalue weighted by atomic mass is 19.3. The Bertz CT molecular complexity index is 512. The molecule has 2 atom stereocenters. The lowest BCUT2D eigenvalue weighted by Gasteiger charge is -2.34. The molecule has 1 fully saturated rings. The van der Waals surface area contributed by atoms with Crippen LogP contribution in [-0.2, 0) is 0 Å². The molecular formula is C18H26F2N2O2. The van der Waals surface area contributed by atoms with Gasteiger partial charge in [0.25, 0.3) is 5.91 Å². The fourth-order valence-corrected chi connectivity index (χ4v) is 3.37. The fraction of sp³-hybridized carbons (Fsp3) is 0.611. The number of benzene rings is 1. The van der Waals surface area contributed by atoms with Gasteiger partial charge in [0, 0.05) is 25.2 Å². The second-order valence-electron chi connectivity index (χ2n) is 6.72. The summed E-state index contributed by atoms with van der Waals surface area (Å²) in [6.45, 7) is 5.56. The van der Waals surface area contributed by atoms with E-state index in [0.29, 0.717) is 12.1 Å². The van der Waals surface area contributed by atoms with E-state index in [4.69, 9.17) is 0 Å². The Kier molecular flexibility index (Phi) is 6.97. The number of hydrogen-bond acceptors (Lipinski definition) is 3. The van der Waals surface area contributed by atoms with Crippen LogP contribution in [0.25, 0.3) is 0 Å². The summed E-state index contributed by atoms with van der Waals surface area (Å²) in [4.78, 5) is 14.5. The zero-order chi connectivity index (χ0) is 17.5. The minimum atomic E-state index is -2.86. The predicted octanol–water partition coefficient (Wildman–Crippen LogP) is 3.39. The average Bonchev–Trinajstić information content (AvgIpc) is 2.50. The van der Waals surface area contributed by atoms with Gasteiger partial charge in [-0.05, 0) is 55.5 Å². The van der Waals surface area contributed by atoms with Gasteiger partial charge < -0.3 is 15.0 Å². The van der Waals surface area contributed by atoms with Crippen molar-refractivity contribution >= 4 is 5.91 Å². The number of alkyl halides is 2. The summed E-state index contributed by atoms with van der Waals surface area (Å²) < 4.78 is 28.4. The van der Waals surface area contributed by atoms with Gasteiger partial charge in [-0.3, -0.25) is 4.79 Å². The minimum absolute atomic E-state index is 0.0508. The van der Waals surface area contributed by atoms with Crippen molar-refractivity contribution in [1.82, 2.24) is 10.2 Å². The molecule has 1 aliphatic rings. The van der Waals surface area contributed by atoms with Crippen molar-refractivity contribution in [3.8, 4) is 5.75 Å². The minimum Gasteiger partial charge on any atom is -0.435 e. The van der Waals surface area contributed by atoms with Crippen molar-refractivity contribution in [1.29, 1.82) is 0 Å². The Hall–Kier alpha value is -1.69. The molecule has 6 heteroatoms. The van der Waals surface area contributed by atoms with Crippen LogP contribution >= 0.6 is 0 Å². The van der Waals surface area contributed by atoms with Crippen LogP contribution in [0.5, 0.6) is 5.75 Å². The average molecular weight is 340 g/mol. The number of nitrogens with zero attached hydrogens (tertiary/aromatic N) is 1. The van der Waals surface area contributed by atoms with Crippen LogP contribution in [-0.4, -0.2) is 43.6 Å². The lowest BCUT2D eigenvalue weighted by Crippen LogP contribution is -2.40. The molecule has 1 aromatic carbocycles. The van der Waals surface area contributed by atoms with Gasteiger partial charge in [0.1, 0.15) is 5.75 Å². The number of likely N-dealkylation sites (tertiary alicyclic amines) is 1.